The number of hydrogen-bond donors (Lipinski definition) is 1. The van der Waals surface area contributed by atoms with Gasteiger partial charge in [-0.15, -0.1) is 0 Å². The molecule has 33 heavy (non-hydrogen) atoms. The lowest BCUT2D eigenvalue weighted by Gasteiger charge is -2.29. The molecule has 0 aromatic heterocycles. The van der Waals surface area contributed by atoms with E-state index in [4.69, 9.17) is 4.74 Å². The molecule has 2 aromatic rings. The van der Waals surface area contributed by atoms with E-state index in [0.29, 0.717) is 31.7 Å². The number of nitrogens with one attached hydrogen (secondary N) is 1. The van der Waals surface area contributed by atoms with Crippen molar-refractivity contribution in [2.75, 3.05) is 29.5 Å². The lowest BCUT2D eigenvalue weighted by molar-refractivity contribution is -0.136. The van der Waals surface area contributed by atoms with Gasteiger partial charge in [0.1, 0.15) is 11.8 Å². The van der Waals surface area contributed by atoms with Gasteiger partial charge >= 0.3 is 6.03 Å². The maximum Gasteiger partial charge on any atom is 0.329 e. The molecule has 4 aliphatic heterocycles. The molecule has 168 valence electrons. The van der Waals surface area contributed by atoms with E-state index in [1.54, 1.807) is 21.9 Å². The summed E-state index contributed by atoms with van der Waals surface area (Å²) >= 11 is 0. The quantitative estimate of drug-likeness (QED) is 0.726. The van der Waals surface area contributed by atoms with Crippen LogP contribution in [0.1, 0.15) is 34.3 Å². The molecule has 2 aromatic carbocycles. The van der Waals surface area contributed by atoms with Crippen LogP contribution in [0.3, 0.4) is 0 Å². The van der Waals surface area contributed by atoms with Gasteiger partial charge in [-0.25, -0.2) is 4.79 Å². The summed E-state index contributed by atoms with van der Waals surface area (Å²) in [4.78, 5) is 55.0. The molecule has 1 N–H and O–H groups in total. The summed E-state index contributed by atoms with van der Waals surface area (Å²) < 4.78 is 5.64. The number of fused-ring (bicyclic) bond motifs is 2. The number of ether oxygens (including phenoxy) is 1. The molecule has 1 atom stereocenters. The van der Waals surface area contributed by atoms with Crippen LogP contribution in [-0.2, 0) is 22.6 Å². The number of rotatable bonds is 3. The number of piperidine rings is 1. The lowest BCUT2D eigenvalue weighted by atomic mass is 10.0. The van der Waals surface area contributed by atoms with Gasteiger partial charge in [0.2, 0.25) is 11.8 Å². The fraction of sp³-hybridized carbons (Fsp3) is 0.333. The van der Waals surface area contributed by atoms with Crippen molar-refractivity contribution in [3.05, 3.63) is 53.1 Å². The fourth-order valence-corrected chi connectivity index (χ4v) is 5.19. The number of carbonyl (C=O) groups excluding carboxylic acids is 4. The molecule has 9 nitrogen and oxygen atoms in total. The van der Waals surface area contributed by atoms with Crippen LogP contribution in [0.15, 0.2) is 36.4 Å². The minimum atomic E-state index is -0.655. The van der Waals surface area contributed by atoms with Gasteiger partial charge in [-0.3, -0.25) is 29.5 Å². The minimum absolute atomic E-state index is 0.110. The average molecular weight is 446 g/mol. The second kappa shape index (κ2) is 7.33. The van der Waals surface area contributed by atoms with E-state index >= 15 is 0 Å². The van der Waals surface area contributed by atoms with E-state index < -0.39 is 11.9 Å². The Hall–Kier alpha value is -3.88. The number of amides is 5. The highest BCUT2D eigenvalue weighted by Gasteiger charge is 2.40. The summed E-state index contributed by atoms with van der Waals surface area (Å²) in [5.41, 5.74) is 3.99. The SMILES string of the molecule is O=C1CCC(N2Cc3cc(N4CCN(c5cccc6c5CCO6)C4=O)ccc3C2=O)C(=O)N1. The third-order valence-corrected chi connectivity index (χ3v) is 6.84. The smallest absolute Gasteiger partial charge is 0.329 e. The Morgan fingerprint density at radius 2 is 1.82 bits per heavy atom. The molecular formula is C24H22N4O5. The predicted octanol–water partition coefficient (Wildman–Crippen LogP) is 1.83. The van der Waals surface area contributed by atoms with Crippen molar-refractivity contribution in [3.8, 4) is 5.75 Å². The van der Waals surface area contributed by atoms with Crippen molar-refractivity contribution in [3.63, 3.8) is 0 Å². The second-order valence-electron chi connectivity index (χ2n) is 8.68. The van der Waals surface area contributed by atoms with Gasteiger partial charge in [-0.05, 0) is 42.3 Å². The van der Waals surface area contributed by atoms with Gasteiger partial charge in [-0.2, -0.15) is 0 Å². The molecule has 0 aliphatic carbocycles. The summed E-state index contributed by atoms with van der Waals surface area (Å²) in [5.74, 6) is -0.128. The molecule has 0 saturated carbocycles. The highest BCUT2D eigenvalue weighted by molar-refractivity contribution is 6.08. The summed E-state index contributed by atoms with van der Waals surface area (Å²) in [6.45, 7) is 2.00. The van der Waals surface area contributed by atoms with Crippen LogP contribution in [0, 0.1) is 0 Å². The average Bonchev–Trinajstić information content (AvgIpc) is 3.51. The molecule has 6 rings (SSSR count). The summed E-state index contributed by atoms with van der Waals surface area (Å²) in [6, 6.07) is 10.4. The lowest BCUT2D eigenvalue weighted by Crippen LogP contribution is -2.52. The van der Waals surface area contributed by atoms with E-state index in [2.05, 4.69) is 5.32 Å². The first kappa shape index (κ1) is 19.8. The molecular weight excluding hydrogens is 424 g/mol. The zero-order valence-corrected chi connectivity index (χ0v) is 17.9. The van der Waals surface area contributed by atoms with E-state index in [0.717, 1.165) is 34.7 Å². The predicted molar refractivity (Wildman–Crippen MR) is 118 cm³/mol. The zero-order valence-electron chi connectivity index (χ0n) is 17.9. The molecule has 0 bridgehead atoms. The summed E-state index contributed by atoms with van der Waals surface area (Å²) in [6.07, 6.45) is 1.32. The monoisotopic (exact) mass is 446 g/mol. The number of carbonyl (C=O) groups is 4. The number of nitrogens with zero attached hydrogens (tertiary/aromatic N) is 3. The van der Waals surface area contributed by atoms with Crippen molar-refractivity contribution < 1.29 is 23.9 Å². The third-order valence-electron chi connectivity index (χ3n) is 6.84. The van der Waals surface area contributed by atoms with Crippen LogP contribution in [0.25, 0.3) is 0 Å². The van der Waals surface area contributed by atoms with Crippen molar-refractivity contribution >= 4 is 35.1 Å². The summed E-state index contributed by atoms with van der Waals surface area (Å²) in [7, 11) is 0. The van der Waals surface area contributed by atoms with Gasteiger partial charge in [-0.1, -0.05) is 6.07 Å². The molecule has 0 radical (unpaired) electrons. The van der Waals surface area contributed by atoms with E-state index in [9.17, 15) is 19.2 Å². The van der Waals surface area contributed by atoms with E-state index in [1.165, 1.54) is 4.90 Å². The first-order valence-electron chi connectivity index (χ1n) is 11.1. The zero-order chi connectivity index (χ0) is 22.7. The Morgan fingerprint density at radius 3 is 2.67 bits per heavy atom. The second-order valence-corrected chi connectivity index (χ2v) is 8.68. The number of anilines is 2. The Balaban J connectivity index is 1.24. The Kier molecular flexibility index (Phi) is 4.39. The van der Waals surface area contributed by atoms with Crippen molar-refractivity contribution in [2.45, 2.75) is 31.8 Å². The van der Waals surface area contributed by atoms with Crippen molar-refractivity contribution in [1.29, 1.82) is 0 Å². The van der Waals surface area contributed by atoms with Crippen LogP contribution < -0.4 is 19.9 Å². The molecule has 5 amide bonds. The normalized spacial score (nSPS) is 21.9. The van der Waals surface area contributed by atoms with Gasteiger partial charge in [0.15, 0.2) is 0 Å². The largest absolute Gasteiger partial charge is 0.493 e. The van der Waals surface area contributed by atoms with Crippen LogP contribution in [0.5, 0.6) is 5.75 Å². The van der Waals surface area contributed by atoms with Gasteiger partial charge < -0.3 is 9.64 Å². The highest BCUT2D eigenvalue weighted by Crippen LogP contribution is 2.37. The Bertz CT molecular complexity index is 1230. The first-order valence-corrected chi connectivity index (χ1v) is 11.1. The molecule has 1 unspecified atom stereocenters. The van der Waals surface area contributed by atoms with Crippen molar-refractivity contribution in [2.24, 2.45) is 0 Å². The third kappa shape index (κ3) is 3.06. The number of urea groups is 1. The number of hydrogen-bond acceptors (Lipinski definition) is 5. The van der Waals surface area contributed by atoms with E-state index in [1.807, 2.05) is 24.3 Å². The number of imide groups is 1. The molecule has 0 spiro atoms. The van der Waals surface area contributed by atoms with Crippen LogP contribution in [0.4, 0.5) is 16.2 Å². The minimum Gasteiger partial charge on any atom is -0.493 e. The molecule has 4 aliphatic rings. The van der Waals surface area contributed by atoms with Crippen LogP contribution >= 0.6 is 0 Å². The fourth-order valence-electron chi connectivity index (χ4n) is 5.19. The van der Waals surface area contributed by atoms with Gasteiger partial charge in [0, 0.05) is 49.3 Å². The topological polar surface area (TPSA) is 99.3 Å². The van der Waals surface area contributed by atoms with Crippen LogP contribution in [-0.4, -0.2) is 54.4 Å². The molecule has 9 heteroatoms. The Labute approximate surface area is 189 Å². The number of benzene rings is 2. The first-order chi connectivity index (χ1) is 16.0. The maximum absolute atomic E-state index is 13.3. The van der Waals surface area contributed by atoms with Crippen LogP contribution in [0.2, 0.25) is 0 Å². The van der Waals surface area contributed by atoms with Crippen molar-refractivity contribution in [1.82, 2.24) is 10.2 Å². The summed E-state index contributed by atoms with van der Waals surface area (Å²) in [5, 5.41) is 2.31. The highest BCUT2D eigenvalue weighted by atomic mass is 16.5. The standard InChI is InChI=1S/C24H22N4O5/c29-21-7-6-19(22(30)25-21)28-13-14-12-15(4-5-16(14)23(28)31)26-9-10-27(24(26)32)18-2-1-3-20-17(18)8-11-33-20/h1-5,12,19H,6-11,13H2,(H,25,29,30). The van der Waals surface area contributed by atoms with Gasteiger partial charge in [0.25, 0.3) is 5.91 Å². The molecule has 2 fully saturated rings. The van der Waals surface area contributed by atoms with Gasteiger partial charge in [0.05, 0.1) is 12.3 Å². The molecule has 2 saturated heterocycles. The molecule has 4 heterocycles. The van der Waals surface area contributed by atoms with E-state index in [-0.39, 0.29) is 30.8 Å². The maximum atomic E-state index is 13.3. The Morgan fingerprint density at radius 1 is 0.970 bits per heavy atom.